The third-order valence-electron chi connectivity index (χ3n) is 5.14. The van der Waals surface area contributed by atoms with Gasteiger partial charge in [0, 0.05) is 32.7 Å². The second-order valence-electron chi connectivity index (χ2n) is 7.45. The lowest BCUT2D eigenvalue weighted by Gasteiger charge is -2.33. The Morgan fingerprint density at radius 2 is 1.53 bits per heavy atom. The van der Waals surface area contributed by atoms with Crippen LogP contribution in [-0.2, 0) is 32.8 Å². The molecular weight excluding hydrogens is 464 g/mol. The summed E-state index contributed by atoms with van der Waals surface area (Å²) in [5.74, 6) is -2.06. The Balaban J connectivity index is 0.000000604. The Kier molecular flexibility index (Phi) is 10.3. The van der Waals surface area contributed by atoms with E-state index >= 15 is 0 Å². The lowest BCUT2D eigenvalue weighted by Crippen LogP contribution is -2.48. The molecule has 2 aromatic carbocycles. The zero-order valence-electron chi connectivity index (χ0n) is 19.2. The topological polar surface area (TPSA) is 134 Å². The summed E-state index contributed by atoms with van der Waals surface area (Å²) in [7, 11) is -1.46. The highest BCUT2D eigenvalue weighted by molar-refractivity contribution is 7.89. The lowest BCUT2D eigenvalue weighted by molar-refractivity contribution is -0.159. The minimum Gasteiger partial charge on any atom is -0.493 e. The quantitative estimate of drug-likeness (QED) is 0.528. The summed E-state index contributed by atoms with van der Waals surface area (Å²) in [6.07, 6.45) is 0. The molecule has 1 aliphatic rings. The van der Waals surface area contributed by atoms with E-state index in [0.717, 1.165) is 36.5 Å². The molecule has 0 amide bonds. The van der Waals surface area contributed by atoms with E-state index in [1.165, 1.54) is 0 Å². The fraction of sp³-hybridized carbons (Fsp3) is 0.391. The monoisotopic (exact) mass is 494 g/mol. The van der Waals surface area contributed by atoms with Crippen molar-refractivity contribution in [3.05, 3.63) is 59.7 Å². The molecule has 1 fully saturated rings. The largest absolute Gasteiger partial charge is 0.493 e. The lowest BCUT2D eigenvalue weighted by atomic mass is 10.1. The Hall–Kier alpha value is -3.15. The van der Waals surface area contributed by atoms with Gasteiger partial charge < -0.3 is 19.7 Å². The minimum atomic E-state index is -3.10. The molecule has 186 valence electrons. The van der Waals surface area contributed by atoms with Gasteiger partial charge >= 0.3 is 11.9 Å². The third-order valence-corrected chi connectivity index (χ3v) is 7.03. The minimum absolute atomic E-state index is 0.160. The molecule has 3 rings (SSSR count). The highest BCUT2D eigenvalue weighted by Gasteiger charge is 2.25. The number of piperazine rings is 1. The second kappa shape index (κ2) is 12.9. The van der Waals surface area contributed by atoms with Crippen LogP contribution in [0.15, 0.2) is 48.5 Å². The summed E-state index contributed by atoms with van der Waals surface area (Å²) in [4.78, 5) is 20.5. The molecule has 1 aliphatic heterocycles. The molecule has 34 heavy (non-hydrogen) atoms. The van der Waals surface area contributed by atoms with Crippen LogP contribution in [0.1, 0.15) is 18.1 Å². The Morgan fingerprint density at radius 1 is 0.912 bits per heavy atom. The fourth-order valence-electron chi connectivity index (χ4n) is 3.27. The fourth-order valence-corrected chi connectivity index (χ4v) is 4.36. The predicted molar refractivity (Wildman–Crippen MR) is 125 cm³/mol. The molecule has 2 N–H and O–H groups in total. The molecule has 0 spiro atoms. The number of hydrogen-bond donors (Lipinski definition) is 2. The molecule has 11 heteroatoms. The predicted octanol–water partition coefficient (Wildman–Crippen LogP) is 1.90. The van der Waals surface area contributed by atoms with E-state index in [9.17, 15) is 8.42 Å². The van der Waals surface area contributed by atoms with E-state index in [0.29, 0.717) is 25.4 Å². The van der Waals surface area contributed by atoms with Gasteiger partial charge in [0.15, 0.2) is 11.5 Å². The number of ether oxygens (including phenoxy) is 2. The maximum absolute atomic E-state index is 12.0. The average molecular weight is 495 g/mol. The van der Waals surface area contributed by atoms with Crippen molar-refractivity contribution >= 4 is 22.0 Å². The van der Waals surface area contributed by atoms with Gasteiger partial charge in [-0.25, -0.2) is 18.0 Å². The van der Waals surface area contributed by atoms with Crippen molar-refractivity contribution in [1.29, 1.82) is 0 Å². The Bertz CT molecular complexity index is 1040. The molecule has 10 nitrogen and oxygen atoms in total. The van der Waals surface area contributed by atoms with Crippen molar-refractivity contribution in [2.75, 3.05) is 39.0 Å². The number of sulfonamides is 1. The van der Waals surface area contributed by atoms with E-state index in [-0.39, 0.29) is 5.75 Å². The zero-order chi connectivity index (χ0) is 25.1. The molecule has 0 bridgehead atoms. The Labute approximate surface area is 199 Å². The number of carboxylic acid groups (broad SMARTS) is 2. The second-order valence-corrected chi connectivity index (χ2v) is 9.70. The van der Waals surface area contributed by atoms with E-state index in [4.69, 9.17) is 29.3 Å². The normalized spacial score (nSPS) is 14.5. The van der Waals surface area contributed by atoms with Crippen molar-refractivity contribution < 1.29 is 37.7 Å². The summed E-state index contributed by atoms with van der Waals surface area (Å²) >= 11 is 0. The third kappa shape index (κ3) is 8.32. The average Bonchev–Trinajstić information content (AvgIpc) is 2.84. The number of nitrogens with zero attached hydrogens (tertiary/aromatic N) is 2. The van der Waals surface area contributed by atoms with Crippen LogP contribution in [0.5, 0.6) is 11.5 Å². The van der Waals surface area contributed by atoms with Crippen molar-refractivity contribution in [1.82, 2.24) is 9.21 Å². The smallest absolute Gasteiger partial charge is 0.414 e. The van der Waals surface area contributed by atoms with E-state index in [2.05, 4.69) is 4.90 Å². The first-order valence-electron chi connectivity index (χ1n) is 10.7. The highest BCUT2D eigenvalue weighted by Crippen LogP contribution is 2.29. The van der Waals surface area contributed by atoms with Crippen molar-refractivity contribution in [3.63, 3.8) is 0 Å². The molecule has 2 aromatic rings. The number of benzene rings is 2. The molecule has 0 atom stereocenters. The molecule has 0 saturated carbocycles. The van der Waals surface area contributed by atoms with Gasteiger partial charge in [0.25, 0.3) is 0 Å². The van der Waals surface area contributed by atoms with Gasteiger partial charge in [0.1, 0.15) is 6.61 Å². The first kappa shape index (κ1) is 27.1. The molecule has 0 unspecified atom stereocenters. The van der Waals surface area contributed by atoms with Crippen LogP contribution >= 0.6 is 0 Å². The molecular formula is C23H30N2O8S. The number of carbonyl (C=O) groups is 2. The number of aliphatic carboxylic acids is 2. The Morgan fingerprint density at radius 3 is 2.06 bits per heavy atom. The van der Waals surface area contributed by atoms with Gasteiger partial charge in [0.2, 0.25) is 10.0 Å². The van der Waals surface area contributed by atoms with Crippen LogP contribution in [0.2, 0.25) is 0 Å². The van der Waals surface area contributed by atoms with E-state index in [1.807, 2.05) is 48.5 Å². The maximum atomic E-state index is 12.0. The van der Waals surface area contributed by atoms with Gasteiger partial charge in [-0.1, -0.05) is 36.4 Å². The molecule has 1 saturated heterocycles. The first-order chi connectivity index (χ1) is 16.2. The summed E-state index contributed by atoms with van der Waals surface area (Å²) in [6, 6.07) is 16.0. The van der Waals surface area contributed by atoms with Crippen molar-refractivity contribution in [3.8, 4) is 11.5 Å². The van der Waals surface area contributed by atoms with Crippen LogP contribution in [-0.4, -0.2) is 78.8 Å². The van der Waals surface area contributed by atoms with Gasteiger partial charge in [-0.05, 0) is 30.2 Å². The van der Waals surface area contributed by atoms with Crippen LogP contribution in [0.4, 0.5) is 0 Å². The van der Waals surface area contributed by atoms with Crippen LogP contribution in [0.25, 0.3) is 0 Å². The zero-order valence-corrected chi connectivity index (χ0v) is 20.0. The SMILES string of the molecule is CCS(=O)(=O)N1CCN(Cc2ccc(OC)c(OCc3ccccc3)c2)CC1.O=C(O)C(=O)O. The highest BCUT2D eigenvalue weighted by atomic mass is 32.2. The number of carboxylic acids is 2. The summed E-state index contributed by atoms with van der Waals surface area (Å²) in [6.45, 7) is 5.47. The van der Waals surface area contributed by atoms with Gasteiger partial charge in [0.05, 0.1) is 12.9 Å². The van der Waals surface area contributed by atoms with Crippen LogP contribution in [0.3, 0.4) is 0 Å². The van der Waals surface area contributed by atoms with E-state index < -0.39 is 22.0 Å². The van der Waals surface area contributed by atoms with Crippen molar-refractivity contribution in [2.45, 2.75) is 20.1 Å². The number of rotatable bonds is 8. The number of methoxy groups -OCH3 is 1. The number of hydrogen-bond acceptors (Lipinski definition) is 7. The molecule has 0 aliphatic carbocycles. The summed E-state index contributed by atoms with van der Waals surface area (Å²) in [5, 5.41) is 14.8. The molecule has 0 radical (unpaired) electrons. The van der Waals surface area contributed by atoms with Gasteiger partial charge in [-0.3, -0.25) is 4.90 Å². The van der Waals surface area contributed by atoms with Crippen LogP contribution in [0, 0.1) is 0 Å². The molecule has 1 heterocycles. The van der Waals surface area contributed by atoms with Gasteiger partial charge in [-0.2, -0.15) is 4.31 Å². The molecule has 0 aromatic heterocycles. The summed E-state index contributed by atoms with van der Waals surface area (Å²) < 4.78 is 37.0. The standard InChI is InChI=1S/C21H28N2O4S.C2H2O4/c1-3-28(24,25)23-13-11-22(12-14-23)16-19-9-10-20(26-2)21(15-19)27-17-18-7-5-4-6-8-18;3-1(4)2(5)6/h4-10,15H,3,11-14,16-17H2,1-2H3;(H,3,4)(H,5,6). The van der Waals surface area contributed by atoms with Crippen molar-refractivity contribution in [2.24, 2.45) is 0 Å². The maximum Gasteiger partial charge on any atom is 0.414 e. The van der Waals surface area contributed by atoms with Gasteiger partial charge in [-0.15, -0.1) is 0 Å². The van der Waals surface area contributed by atoms with Crippen LogP contribution < -0.4 is 9.47 Å². The first-order valence-corrected chi connectivity index (χ1v) is 12.3. The van der Waals surface area contributed by atoms with E-state index in [1.54, 1.807) is 18.3 Å². The summed E-state index contributed by atoms with van der Waals surface area (Å²) in [5.41, 5.74) is 2.22.